The van der Waals surface area contributed by atoms with E-state index in [4.69, 9.17) is 4.74 Å². The number of thioether (sulfide) groups is 1. The van der Waals surface area contributed by atoms with E-state index in [2.05, 4.69) is 24.4 Å². The zero-order valence-corrected chi connectivity index (χ0v) is 11.8. The van der Waals surface area contributed by atoms with Crippen molar-refractivity contribution in [1.82, 2.24) is 5.32 Å². The Labute approximate surface area is 109 Å². The summed E-state index contributed by atoms with van der Waals surface area (Å²) in [6.45, 7) is 4.95. The topological polar surface area (TPSA) is 21.3 Å². The van der Waals surface area contributed by atoms with E-state index in [0.29, 0.717) is 6.04 Å². The molecule has 3 heteroatoms. The SMILES string of the molecule is CCCSCC(NC)c1ccc(OCC)cc1. The van der Waals surface area contributed by atoms with Gasteiger partial charge in [-0.05, 0) is 43.8 Å². The second-order valence-corrected chi connectivity index (χ2v) is 5.07. The second-order valence-electron chi connectivity index (χ2n) is 3.92. The van der Waals surface area contributed by atoms with Crippen LogP contribution in [0.2, 0.25) is 0 Å². The summed E-state index contributed by atoms with van der Waals surface area (Å²) in [7, 11) is 2.02. The van der Waals surface area contributed by atoms with Gasteiger partial charge in [0.1, 0.15) is 5.75 Å². The van der Waals surface area contributed by atoms with Crippen LogP contribution in [-0.4, -0.2) is 25.2 Å². The first kappa shape index (κ1) is 14.4. The molecule has 0 amide bonds. The quantitative estimate of drug-likeness (QED) is 0.717. The van der Waals surface area contributed by atoms with E-state index in [1.165, 1.54) is 17.7 Å². The number of benzene rings is 1. The summed E-state index contributed by atoms with van der Waals surface area (Å²) >= 11 is 2.00. The van der Waals surface area contributed by atoms with Gasteiger partial charge in [-0.15, -0.1) is 0 Å². The monoisotopic (exact) mass is 253 g/mol. The van der Waals surface area contributed by atoms with Gasteiger partial charge in [-0.1, -0.05) is 19.1 Å². The molecule has 0 saturated carbocycles. The maximum atomic E-state index is 5.45. The first-order valence-electron chi connectivity index (χ1n) is 6.29. The minimum atomic E-state index is 0.433. The lowest BCUT2D eigenvalue weighted by molar-refractivity contribution is 0.340. The lowest BCUT2D eigenvalue weighted by Crippen LogP contribution is -2.18. The maximum absolute atomic E-state index is 5.45. The van der Waals surface area contributed by atoms with Crippen LogP contribution in [0.4, 0.5) is 0 Å². The molecular formula is C14H23NOS. The molecule has 96 valence electrons. The number of rotatable bonds is 8. The molecule has 0 bridgehead atoms. The van der Waals surface area contributed by atoms with Crippen LogP contribution in [0.15, 0.2) is 24.3 Å². The van der Waals surface area contributed by atoms with Crippen LogP contribution in [-0.2, 0) is 0 Å². The molecule has 0 fully saturated rings. The van der Waals surface area contributed by atoms with E-state index in [-0.39, 0.29) is 0 Å². The van der Waals surface area contributed by atoms with Crippen molar-refractivity contribution < 1.29 is 4.74 Å². The minimum Gasteiger partial charge on any atom is -0.494 e. The van der Waals surface area contributed by atoms with Gasteiger partial charge in [0.2, 0.25) is 0 Å². The highest BCUT2D eigenvalue weighted by molar-refractivity contribution is 7.99. The molecule has 1 N–H and O–H groups in total. The zero-order chi connectivity index (χ0) is 12.5. The highest BCUT2D eigenvalue weighted by Crippen LogP contribution is 2.21. The van der Waals surface area contributed by atoms with E-state index >= 15 is 0 Å². The van der Waals surface area contributed by atoms with Crippen LogP contribution in [0.1, 0.15) is 31.9 Å². The standard InChI is InChI=1S/C14H23NOS/c1-4-10-17-11-14(15-3)12-6-8-13(9-7-12)16-5-2/h6-9,14-15H,4-5,10-11H2,1-3H3. The van der Waals surface area contributed by atoms with Crippen LogP contribution in [0, 0.1) is 0 Å². The van der Waals surface area contributed by atoms with Crippen LogP contribution in [0.25, 0.3) is 0 Å². The fourth-order valence-electron chi connectivity index (χ4n) is 1.65. The first-order valence-corrected chi connectivity index (χ1v) is 7.45. The number of ether oxygens (including phenoxy) is 1. The largest absolute Gasteiger partial charge is 0.494 e. The van der Waals surface area contributed by atoms with Gasteiger partial charge in [0.05, 0.1) is 6.61 Å². The summed E-state index contributed by atoms with van der Waals surface area (Å²) in [6.07, 6.45) is 1.24. The molecule has 0 aliphatic rings. The number of hydrogen-bond acceptors (Lipinski definition) is 3. The van der Waals surface area contributed by atoms with Crippen LogP contribution >= 0.6 is 11.8 Å². The second kappa shape index (κ2) is 8.43. The van der Waals surface area contributed by atoms with Crippen LogP contribution < -0.4 is 10.1 Å². The van der Waals surface area contributed by atoms with E-state index in [9.17, 15) is 0 Å². The van der Waals surface area contributed by atoms with Crippen LogP contribution in [0.5, 0.6) is 5.75 Å². The minimum absolute atomic E-state index is 0.433. The van der Waals surface area contributed by atoms with Gasteiger partial charge in [-0.25, -0.2) is 0 Å². The van der Waals surface area contributed by atoms with Gasteiger partial charge in [0, 0.05) is 11.8 Å². The average molecular weight is 253 g/mol. The van der Waals surface area contributed by atoms with Crippen molar-refractivity contribution in [2.24, 2.45) is 0 Å². The predicted octanol–water partition coefficient (Wildman–Crippen LogP) is 3.49. The zero-order valence-electron chi connectivity index (χ0n) is 11.0. The van der Waals surface area contributed by atoms with Crippen molar-refractivity contribution in [1.29, 1.82) is 0 Å². The van der Waals surface area contributed by atoms with Crippen molar-refractivity contribution >= 4 is 11.8 Å². The molecule has 0 spiro atoms. The molecule has 0 aromatic heterocycles. The molecular weight excluding hydrogens is 230 g/mol. The molecule has 0 aliphatic heterocycles. The van der Waals surface area contributed by atoms with E-state index < -0.39 is 0 Å². The summed E-state index contributed by atoms with van der Waals surface area (Å²) in [6, 6.07) is 8.83. The summed E-state index contributed by atoms with van der Waals surface area (Å²) in [4.78, 5) is 0. The first-order chi connectivity index (χ1) is 8.31. The third kappa shape index (κ3) is 5.00. The summed E-state index contributed by atoms with van der Waals surface area (Å²) in [5.74, 6) is 3.31. The molecule has 1 aromatic rings. The smallest absolute Gasteiger partial charge is 0.119 e. The van der Waals surface area contributed by atoms with Gasteiger partial charge in [0.25, 0.3) is 0 Å². The van der Waals surface area contributed by atoms with E-state index in [1.54, 1.807) is 0 Å². The Hall–Kier alpha value is -0.670. The fraction of sp³-hybridized carbons (Fsp3) is 0.571. The molecule has 1 unspecified atom stereocenters. The van der Waals surface area contributed by atoms with Gasteiger partial charge in [-0.3, -0.25) is 0 Å². The molecule has 1 atom stereocenters. The Morgan fingerprint density at radius 3 is 2.47 bits per heavy atom. The van der Waals surface area contributed by atoms with E-state index in [1.807, 2.05) is 37.9 Å². The summed E-state index contributed by atoms with van der Waals surface area (Å²) in [5, 5.41) is 3.37. The average Bonchev–Trinajstić information content (AvgIpc) is 2.36. The lowest BCUT2D eigenvalue weighted by atomic mass is 10.1. The third-order valence-electron chi connectivity index (χ3n) is 2.57. The van der Waals surface area contributed by atoms with Crippen molar-refractivity contribution in [3.05, 3.63) is 29.8 Å². The molecule has 0 radical (unpaired) electrons. The summed E-state index contributed by atoms with van der Waals surface area (Å²) < 4.78 is 5.45. The molecule has 1 aromatic carbocycles. The molecule has 17 heavy (non-hydrogen) atoms. The lowest BCUT2D eigenvalue weighted by Gasteiger charge is -2.16. The molecule has 0 saturated heterocycles. The Bertz CT molecular complexity index is 300. The molecule has 2 nitrogen and oxygen atoms in total. The van der Waals surface area contributed by atoms with Crippen molar-refractivity contribution in [3.63, 3.8) is 0 Å². The Balaban J connectivity index is 2.55. The molecule has 1 rings (SSSR count). The van der Waals surface area contributed by atoms with Gasteiger partial charge >= 0.3 is 0 Å². The van der Waals surface area contributed by atoms with Crippen molar-refractivity contribution in [3.8, 4) is 5.75 Å². The van der Waals surface area contributed by atoms with Crippen molar-refractivity contribution in [2.45, 2.75) is 26.3 Å². The fourth-order valence-corrected chi connectivity index (χ4v) is 2.70. The number of nitrogens with one attached hydrogen (secondary N) is 1. The Morgan fingerprint density at radius 2 is 1.94 bits per heavy atom. The Morgan fingerprint density at radius 1 is 1.24 bits per heavy atom. The summed E-state index contributed by atoms with van der Waals surface area (Å²) in [5.41, 5.74) is 1.33. The van der Waals surface area contributed by atoms with Crippen LogP contribution in [0.3, 0.4) is 0 Å². The Kier molecular flexibility index (Phi) is 7.13. The molecule has 0 heterocycles. The third-order valence-corrected chi connectivity index (χ3v) is 3.84. The van der Waals surface area contributed by atoms with Gasteiger partial charge < -0.3 is 10.1 Å². The highest BCUT2D eigenvalue weighted by Gasteiger charge is 2.08. The predicted molar refractivity (Wildman–Crippen MR) is 77.0 cm³/mol. The van der Waals surface area contributed by atoms with Gasteiger partial charge in [0.15, 0.2) is 0 Å². The van der Waals surface area contributed by atoms with Crippen molar-refractivity contribution in [2.75, 3.05) is 25.2 Å². The maximum Gasteiger partial charge on any atom is 0.119 e. The van der Waals surface area contributed by atoms with Gasteiger partial charge in [-0.2, -0.15) is 11.8 Å². The number of hydrogen-bond donors (Lipinski definition) is 1. The highest BCUT2D eigenvalue weighted by atomic mass is 32.2. The van der Waals surface area contributed by atoms with E-state index in [0.717, 1.165) is 18.1 Å². The molecule has 0 aliphatic carbocycles. The normalized spacial score (nSPS) is 12.4.